The molecule has 2 rings (SSSR count). The third kappa shape index (κ3) is 4.23. The maximum absolute atomic E-state index is 12.4. The molecule has 23 heavy (non-hydrogen) atoms. The van der Waals surface area contributed by atoms with Gasteiger partial charge in [-0.15, -0.1) is 0 Å². The number of nitrogens with zero attached hydrogens (tertiary/aromatic N) is 1. The molecule has 1 amide bonds. The van der Waals surface area contributed by atoms with Crippen LogP contribution >= 0.6 is 0 Å². The van der Waals surface area contributed by atoms with E-state index in [4.69, 9.17) is 5.41 Å². The summed E-state index contributed by atoms with van der Waals surface area (Å²) in [6, 6.07) is 9.26. The van der Waals surface area contributed by atoms with Crippen LogP contribution in [0.5, 0.6) is 0 Å². The molecule has 1 aromatic carbocycles. The predicted molar refractivity (Wildman–Crippen MR) is 92.3 cm³/mol. The maximum atomic E-state index is 12.4. The Balaban J connectivity index is 2.21. The van der Waals surface area contributed by atoms with Crippen molar-refractivity contribution in [3.8, 4) is 0 Å². The van der Waals surface area contributed by atoms with Crippen LogP contribution in [-0.4, -0.2) is 23.7 Å². The minimum absolute atomic E-state index is 0.205. The highest BCUT2D eigenvalue weighted by atomic mass is 16.1. The largest absolute Gasteiger partial charge is 0.304 e. The number of quaternary nitrogens is 1. The molecule has 4 N–H and O–H groups in total. The number of pyridine rings is 1. The van der Waals surface area contributed by atoms with E-state index in [2.05, 4.69) is 10.3 Å². The Kier molecular flexibility index (Phi) is 4.91. The van der Waals surface area contributed by atoms with Gasteiger partial charge in [-0.05, 0) is 18.2 Å². The first kappa shape index (κ1) is 16.8. The number of fused-ring (bicyclic) bond motifs is 1. The van der Waals surface area contributed by atoms with Gasteiger partial charge in [0.05, 0.1) is 12.6 Å². The normalized spacial score (nSPS) is 12.3. The van der Waals surface area contributed by atoms with E-state index in [1.54, 1.807) is 29.7 Å². The molecule has 0 aliphatic heterocycles. The molecular weight excluding hydrogens is 288 g/mol. The van der Waals surface area contributed by atoms with Gasteiger partial charge in [-0.2, -0.15) is 0 Å². The molecule has 2 aromatic rings. The fourth-order valence-corrected chi connectivity index (χ4v) is 1.97. The summed E-state index contributed by atoms with van der Waals surface area (Å²) in [7, 11) is 1.84. The highest BCUT2D eigenvalue weighted by Gasteiger charge is 2.18. The van der Waals surface area contributed by atoms with Crippen molar-refractivity contribution in [3.63, 3.8) is 0 Å². The number of rotatable bonds is 4. The standard InChI is InChI=1S/C18H22N4O/c1-18(2,3)15(19)11-16(20-4)22-17(23)13-8-7-12-6-5-9-21-14(12)10-13/h5-11,19-20H,1-4H3,(H,22,23)/p+1/b16-11+,19-15?. The molecule has 5 heteroatoms. The zero-order valence-corrected chi connectivity index (χ0v) is 14.0. The lowest BCUT2D eigenvalue weighted by Gasteiger charge is -2.17. The summed E-state index contributed by atoms with van der Waals surface area (Å²) in [6.45, 7) is 5.90. The Morgan fingerprint density at radius 3 is 2.70 bits per heavy atom. The van der Waals surface area contributed by atoms with E-state index >= 15 is 0 Å². The van der Waals surface area contributed by atoms with E-state index in [1.165, 1.54) is 0 Å². The van der Waals surface area contributed by atoms with Gasteiger partial charge in [0.15, 0.2) is 0 Å². The van der Waals surface area contributed by atoms with Crippen LogP contribution in [0.3, 0.4) is 0 Å². The van der Waals surface area contributed by atoms with E-state index in [0.29, 0.717) is 17.1 Å². The Hall–Kier alpha value is -2.53. The number of allylic oxidation sites excluding steroid dienone is 1. The van der Waals surface area contributed by atoms with Crippen LogP contribution in [0, 0.1) is 10.8 Å². The van der Waals surface area contributed by atoms with E-state index in [0.717, 1.165) is 10.9 Å². The molecular formula is C18H23N4O+. The first-order valence-corrected chi connectivity index (χ1v) is 7.57. The van der Waals surface area contributed by atoms with Crippen LogP contribution < -0.4 is 10.6 Å². The number of carbonyl (C=O) groups excluding carboxylic acids is 1. The maximum Gasteiger partial charge on any atom is 0.259 e. The molecule has 0 fully saturated rings. The monoisotopic (exact) mass is 311 g/mol. The van der Waals surface area contributed by atoms with Gasteiger partial charge in [0.2, 0.25) is 5.82 Å². The highest BCUT2D eigenvalue weighted by molar-refractivity contribution is 6.00. The number of carbonyl (C=O) groups is 1. The van der Waals surface area contributed by atoms with Gasteiger partial charge in [-0.25, -0.2) is 0 Å². The Bertz CT molecular complexity index is 772. The first-order valence-electron chi connectivity index (χ1n) is 7.57. The SMILES string of the molecule is C[NH2+]/C(=C\C(=N)C(C)(C)C)NC(=O)c1ccc2cccnc2c1. The van der Waals surface area contributed by atoms with Gasteiger partial charge in [0.1, 0.15) is 0 Å². The molecule has 120 valence electrons. The number of nitrogens with one attached hydrogen (secondary N) is 2. The van der Waals surface area contributed by atoms with Crippen LogP contribution in [-0.2, 0) is 0 Å². The van der Waals surface area contributed by atoms with Crippen molar-refractivity contribution in [1.82, 2.24) is 10.3 Å². The number of amides is 1. The zero-order valence-electron chi connectivity index (χ0n) is 14.0. The van der Waals surface area contributed by atoms with Crippen LogP contribution in [0.2, 0.25) is 0 Å². The van der Waals surface area contributed by atoms with Gasteiger partial charge in [0, 0.05) is 34.3 Å². The molecule has 0 spiro atoms. The first-order chi connectivity index (χ1) is 10.8. The summed E-state index contributed by atoms with van der Waals surface area (Å²) in [5.41, 5.74) is 1.54. The summed E-state index contributed by atoms with van der Waals surface area (Å²) in [5, 5.41) is 13.7. The average Bonchev–Trinajstić information content (AvgIpc) is 2.52. The average molecular weight is 311 g/mol. The Labute approximate surface area is 136 Å². The molecule has 0 aliphatic rings. The number of hydrogen-bond donors (Lipinski definition) is 3. The lowest BCUT2D eigenvalue weighted by Crippen LogP contribution is -2.81. The van der Waals surface area contributed by atoms with Gasteiger partial charge < -0.3 is 10.7 Å². The van der Waals surface area contributed by atoms with E-state index in [9.17, 15) is 4.79 Å². The lowest BCUT2D eigenvalue weighted by atomic mass is 9.90. The van der Waals surface area contributed by atoms with Crippen molar-refractivity contribution in [2.75, 3.05) is 7.05 Å². The third-order valence-corrected chi connectivity index (χ3v) is 3.54. The van der Waals surface area contributed by atoms with Crippen LogP contribution in [0.15, 0.2) is 48.4 Å². The molecule has 0 bridgehead atoms. The van der Waals surface area contributed by atoms with Crippen molar-refractivity contribution in [1.29, 1.82) is 5.41 Å². The molecule has 0 saturated carbocycles. The molecule has 1 aromatic heterocycles. The van der Waals surface area contributed by atoms with Gasteiger partial charge >= 0.3 is 0 Å². The topological polar surface area (TPSA) is 82.5 Å². The summed E-state index contributed by atoms with van der Waals surface area (Å²) in [5.74, 6) is 0.416. The summed E-state index contributed by atoms with van der Waals surface area (Å²) >= 11 is 0. The van der Waals surface area contributed by atoms with Crippen molar-refractivity contribution in [2.45, 2.75) is 20.8 Å². The smallest absolute Gasteiger partial charge is 0.259 e. The molecule has 0 aliphatic carbocycles. The highest BCUT2D eigenvalue weighted by Crippen LogP contribution is 2.16. The minimum Gasteiger partial charge on any atom is -0.304 e. The molecule has 0 unspecified atom stereocenters. The number of nitrogens with two attached hydrogens (primary N) is 1. The Morgan fingerprint density at radius 2 is 2.04 bits per heavy atom. The molecule has 5 nitrogen and oxygen atoms in total. The summed E-state index contributed by atoms with van der Waals surface area (Å²) < 4.78 is 0. The zero-order chi connectivity index (χ0) is 17.0. The number of hydrogen-bond acceptors (Lipinski definition) is 3. The summed E-state index contributed by atoms with van der Waals surface area (Å²) in [4.78, 5) is 16.7. The van der Waals surface area contributed by atoms with Crippen LogP contribution in [0.1, 0.15) is 31.1 Å². The Morgan fingerprint density at radius 1 is 1.30 bits per heavy atom. The lowest BCUT2D eigenvalue weighted by molar-refractivity contribution is -0.580. The third-order valence-electron chi connectivity index (χ3n) is 3.54. The molecule has 0 saturated heterocycles. The van der Waals surface area contributed by atoms with E-state index in [1.807, 2.05) is 46.0 Å². The van der Waals surface area contributed by atoms with Gasteiger partial charge in [0.25, 0.3) is 5.91 Å². The van der Waals surface area contributed by atoms with Gasteiger partial charge in [-0.1, -0.05) is 32.9 Å². The molecule has 0 atom stereocenters. The number of aromatic nitrogens is 1. The van der Waals surface area contributed by atoms with Crippen LogP contribution in [0.4, 0.5) is 0 Å². The van der Waals surface area contributed by atoms with Gasteiger partial charge in [-0.3, -0.25) is 15.1 Å². The van der Waals surface area contributed by atoms with Crippen LogP contribution in [0.25, 0.3) is 10.9 Å². The van der Waals surface area contributed by atoms with Crippen molar-refractivity contribution in [3.05, 3.63) is 54.0 Å². The second-order valence-electron chi connectivity index (χ2n) is 6.42. The summed E-state index contributed by atoms with van der Waals surface area (Å²) in [6.07, 6.45) is 3.40. The second kappa shape index (κ2) is 6.71. The van der Waals surface area contributed by atoms with E-state index in [-0.39, 0.29) is 11.3 Å². The second-order valence-corrected chi connectivity index (χ2v) is 6.42. The van der Waals surface area contributed by atoms with Crippen molar-refractivity contribution >= 4 is 22.5 Å². The molecule has 0 radical (unpaired) electrons. The fourth-order valence-electron chi connectivity index (χ4n) is 1.97. The quantitative estimate of drug-likeness (QED) is 0.755. The fraction of sp³-hybridized carbons (Fsp3) is 0.278. The number of benzene rings is 1. The predicted octanol–water partition coefficient (Wildman–Crippen LogP) is 2.07. The van der Waals surface area contributed by atoms with Crippen molar-refractivity contribution < 1.29 is 10.1 Å². The van der Waals surface area contributed by atoms with E-state index < -0.39 is 0 Å². The minimum atomic E-state index is -0.258. The van der Waals surface area contributed by atoms with Crippen molar-refractivity contribution in [2.24, 2.45) is 5.41 Å². The molecule has 1 heterocycles.